The van der Waals surface area contributed by atoms with Crippen molar-refractivity contribution in [1.29, 1.82) is 0 Å². The first kappa shape index (κ1) is 89.6. The Kier molecular flexibility index (Phi) is 26.4. The van der Waals surface area contributed by atoms with E-state index in [0.29, 0.717) is 133 Å². The predicted octanol–water partition coefficient (Wildman–Crippen LogP) is 25.4. The van der Waals surface area contributed by atoms with Crippen molar-refractivity contribution in [1.82, 2.24) is 29.9 Å². The Morgan fingerprint density at radius 2 is 0.439 bits per heavy atom. The molecule has 6 aromatic carbocycles. The van der Waals surface area contributed by atoms with Gasteiger partial charge < -0.3 is 11.5 Å². The van der Waals surface area contributed by atoms with Gasteiger partial charge >= 0.3 is 0 Å². The summed E-state index contributed by atoms with van der Waals surface area (Å²) in [6.07, 6.45) is 0. The summed E-state index contributed by atoms with van der Waals surface area (Å²) in [7, 11) is -14.4. The van der Waals surface area contributed by atoms with Crippen LogP contribution in [0.5, 0.6) is 0 Å². The van der Waals surface area contributed by atoms with Crippen LogP contribution < -0.4 is 22.2 Å². The summed E-state index contributed by atoms with van der Waals surface area (Å²) in [5, 5.41) is 7.02. The summed E-state index contributed by atoms with van der Waals surface area (Å²) in [6, 6.07) is 16.2. The molecule has 604 valence electrons. The topological polar surface area (TPSA) is 129 Å². The van der Waals surface area contributed by atoms with Gasteiger partial charge in [0.1, 0.15) is 81.2 Å². The number of rotatable bonds is 18. The molecule has 1 aliphatic carbocycles. The number of aromatic nitrogens is 6. The molecule has 2 atom stereocenters. The molecule has 0 saturated carbocycles. The monoisotopic (exact) mass is 1620 g/mol. The minimum Gasteiger partial charge on any atom is -0.322 e. The highest BCUT2D eigenvalue weighted by atomic mass is 28.3. The Bertz CT molecular complexity index is 5290. The van der Waals surface area contributed by atoms with Crippen LogP contribution in [0, 0.1) is 68.8 Å². The van der Waals surface area contributed by atoms with Crippen LogP contribution in [0.4, 0.5) is 0 Å². The first-order valence-electron chi connectivity index (χ1n) is 43.9. The standard InChI is InChI=1S/C100H140N8Si6/c1-57(2)109(58(3)4,59(5)6)47-41-75-53-81-87-83(55-75)99-100(108-96-80(46-52-114(72(31)32,73(33)34)74(35)36)94-93(103-85-39-37-38-40-86(85)104-94)79(95(96)107-99)45-51-113(69(25)26,70(27)28)71(29)30)84-56-76(42-48-110(60(7)8,61(9)10)62(11)12)54-82(88(84)87)98-97(81)105-91-77(43-49-111(63(13)14,64(15)16)65(17)18)89(101)90(102)78(92(91)106-98)44-50-112(66(19)20,67(21)22)68(23)24/h37-40,53-74,89-90H,101-102H2,1-36H3. The molecular formula is C100H140N8Si6. The van der Waals surface area contributed by atoms with Gasteiger partial charge in [-0.15, -0.1) is 33.3 Å². The smallest absolute Gasteiger partial charge is 0.146 e. The van der Waals surface area contributed by atoms with E-state index in [9.17, 15) is 0 Å². The molecule has 0 amide bonds. The highest BCUT2D eigenvalue weighted by Gasteiger charge is 2.48. The van der Waals surface area contributed by atoms with Crippen molar-refractivity contribution in [2.24, 2.45) is 11.5 Å². The third-order valence-corrected chi connectivity index (χ3v) is 66.8. The van der Waals surface area contributed by atoms with Crippen LogP contribution in [0.15, 0.2) is 48.5 Å². The van der Waals surface area contributed by atoms with Gasteiger partial charge in [-0.2, -0.15) is 0 Å². The van der Waals surface area contributed by atoms with E-state index in [1.807, 2.05) is 0 Å². The number of hydrogen-bond donors (Lipinski definition) is 2. The lowest BCUT2D eigenvalue weighted by atomic mass is 9.87. The van der Waals surface area contributed by atoms with Crippen molar-refractivity contribution in [3.05, 3.63) is 81.5 Å². The van der Waals surface area contributed by atoms with Crippen molar-refractivity contribution in [3.63, 3.8) is 0 Å². The van der Waals surface area contributed by atoms with E-state index in [2.05, 4.69) is 367 Å². The molecule has 2 unspecified atom stereocenters. The fraction of sp³-hybridized carbons (Fsp3) is 0.560. The largest absolute Gasteiger partial charge is 0.322 e. The van der Waals surface area contributed by atoms with Gasteiger partial charge in [0.2, 0.25) is 0 Å². The number of benzene rings is 6. The lowest BCUT2D eigenvalue weighted by molar-refractivity contribution is 0.723. The zero-order valence-electron chi connectivity index (χ0n) is 77.0. The maximum absolute atomic E-state index is 7.83. The zero-order chi connectivity index (χ0) is 84.8. The summed E-state index contributed by atoms with van der Waals surface area (Å²) in [5.74, 6) is 24.1. The Morgan fingerprint density at radius 1 is 0.246 bits per heavy atom. The van der Waals surface area contributed by atoms with Crippen molar-refractivity contribution in [2.75, 3.05) is 0 Å². The van der Waals surface area contributed by atoms with Crippen LogP contribution in [-0.4, -0.2) is 90.4 Å². The lowest BCUT2D eigenvalue weighted by Gasteiger charge is -2.38. The number of hydrogen-bond acceptors (Lipinski definition) is 8. The molecule has 0 spiro atoms. The van der Waals surface area contributed by atoms with E-state index in [1.165, 1.54) is 0 Å². The van der Waals surface area contributed by atoms with Gasteiger partial charge in [-0.25, -0.2) is 29.9 Å². The average molecular weight is 1620 g/mol. The van der Waals surface area contributed by atoms with Gasteiger partial charge in [0.05, 0.1) is 56.3 Å². The minimum atomic E-state index is -2.44. The predicted molar refractivity (Wildman–Crippen MR) is 516 cm³/mol. The van der Waals surface area contributed by atoms with E-state index >= 15 is 0 Å². The highest BCUT2D eigenvalue weighted by Crippen LogP contribution is 2.50. The van der Waals surface area contributed by atoms with Crippen molar-refractivity contribution >= 4 is 147 Å². The van der Waals surface area contributed by atoms with Crippen molar-refractivity contribution in [3.8, 4) is 68.8 Å². The zero-order valence-corrected chi connectivity index (χ0v) is 83.0. The van der Waals surface area contributed by atoms with Gasteiger partial charge in [0.25, 0.3) is 0 Å². The summed E-state index contributed by atoms with van der Waals surface area (Å²) in [4.78, 5) is 36.6. The van der Waals surface area contributed by atoms with E-state index in [4.69, 9.17) is 41.4 Å². The summed E-state index contributed by atoms with van der Waals surface area (Å²) < 4.78 is 0. The molecule has 1 aliphatic rings. The molecule has 3 aromatic heterocycles. The Morgan fingerprint density at radius 3 is 0.658 bits per heavy atom. The summed E-state index contributed by atoms with van der Waals surface area (Å²) >= 11 is 0. The van der Waals surface area contributed by atoms with Crippen molar-refractivity contribution < 1.29 is 0 Å². The second kappa shape index (κ2) is 33.6. The van der Waals surface area contributed by atoms with E-state index in [1.54, 1.807) is 0 Å². The third-order valence-electron chi connectivity index (χ3n) is 29.1. The molecule has 9 aromatic rings. The molecule has 0 fully saturated rings. The first-order valence-corrected chi connectivity index (χ1v) is 57.3. The van der Waals surface area contributed by atoms with E-state index in [0.717, 1.165) is 98.8 Å². The molecular weight excluding hydrogens is 1480 g/mol. The minimum absolute atomic E-state index is 0.356. The van der Waals surface area contributed by atoms with Gasteiger partial charge in [-0.1, -0.05) is 297 Å². The van der Waals surface area contributed by atoms with Gasteiger partial charge in [0, 0.05) is 54.6 Å². The molecule has 8 nitrogen and oxygen atoms in total. The van der Waals surface area contributed by atoms with E-state index in [-0.39, 0.29) is 0 Å². The molecule has 10 rings (SSSR count). The number of nitrogens with zero attached hydrogens (tertiary/aromatic N) is 6. The second-order valence-corrected chi connectivity index (χ2v) is 73.5. The first-order chi connectivity index (χ1) is 53.2. The molecule has 0 radical (unpaired) electrons. The quantitative estimate of drug-likeness (QED) is 0.0376. The van der Waals surface area contributed by atoms with Gasteiger partial charge in [-0.3, -0.25) is 0 Å². The van der Waals surface area contributed by atoms with Crippen LogP contribution >= 0.6 is 0 Å². The van der Waals surface area contributed by atoms with Gasteiger partial charge in [-0.05, 0) is 136 Å². The third kappa shape index (κ3) is 14.6. The molecule has 3 heterocycles. The highest BCUT2D eigenvalue weighted by molar-refractivity contribution is 6.93. The molecule has 0 aliphatic heterocycles. The average Bonchev–Trinajstić information content (AvgIpc) is 0.685. The molecule has 114 heavy (non-hydrogen) atoms. The SMILES string of the molecule is CC(C)[Si](C#CC1=c2nc3c4cc(C#C[Si](C(C)C)(C(C)C)C(C)C)cc5c6nc7c(C#C[Si](C(C)C)(C(C)C)C(C)C)c8nc9ccccc9nc8c(C#C[Si](C(C)C)(C(C)C)C(C)C)c7nc6c6cc(C#C[Si](C(C)C)(C(C)C)C(C)C)cc(c3nc2=C(C#C[Si](C(C)C)(C(C)C)C(C)C)C(N)C1N)c6c45)(C(C)C)C(C)C. The van der Waals surface area contributed by atoms with Crippen LogP contribution in [0.2, 0.25) is 99.7 Å². The normalized spacial score (nSPS) is 15.2. The lowest BCUT2D eigenvalue weighted by Crippen LogP contribution is -2.55. The fourth-order valence-corrected chi connectivity index (χ4v) is 54.8. The molecule has 4 N–H and O–H groups in total. The number of nitrogens with two attached hydrogens (primary N) is 2. The second-order valence-electron chi connectivity index (χ2n) is 40.0. The molecule has 0 bridgehead atoms. The van der Waals surface area contributed by atoms with Crippen molar-refractivity contribution in [2.45, 2.75) is 361 Å². The van der Waals surface area contributed by atoms with Gasteiger partial charge in [0.15, 0.2) is 0 Å². The van der Waals surface area contributed by atoms with Crippen LogP contribution in [0.25, 0.3) is 98.6 Å². The summed E-state index contributed by atoms with van der Waals surface area (Å²) in [5.41, 5.74) is 59.4. The number of fused-ring (bicyclic) bond motifs is 10. The number of para-hydroxylation sites is 2. The Balaban J connectivity index is 1.65. The maximum atomic E-state index is 7.83. The Hall–Kier alpha value is -6.78. The molecule has 14 heteroatoms. The maximum Gasteiger partial charge on any atom is 0.146 e. The summed E-state index contributed by atoms with van der Waals surface area (Å²) in [6.45, 7) is 85.9. The fourth-order valence-electron chi connectivity index (χ4n) is 23.5. The molecule has 0 saturated heterocycles. The van der Waals surface area contributed by atoms with E-state index < -0.39 is 60.5 Å². The Labute approximate surface area is 694 Å². The van der Waals surface area contributed by atoms with Crippen LogP contribution in [0.3, 0.4) is 0 Å². The van der Waals surface area contributed by atoms with Crippen LogP contribution in [0.1, 0.15) is 272 Å². The van der Waals surface area contributed by atoms with Crippen LogP contribution in [-0.2, 0) is 0 Å².